The van der Waals surface area contributed by atoms with E-state index >= 15 is 0 Å². The third-order valence-electron chi connectivity index (χ3n) is 4.30. The first-order valence-corrected chi connectivity index (χ1v) is 9.29. The lowest BCUT2D eigenvalue weighted by Crippen LogP contribution is -2.45. The van der Waals surface area contributed by atoms with Crippen LogP contribution in [0.2, 0.25) is 0 Å². The predicted molar refractivity (Wildman–Crippen MR) is 88.5 cm³/mol. The minimum absolute atomic E-state index is 0.0702. The first-order chi connectivity index (χ1) is 10.4. The SMILES string of the molecule is Cc1cc2c(o1)CC(C)(C)C[C@@H]2NS(=O)(=O)[C@@H](C)C(=O)N(C)C. The van der Waals surface area contributed by atoms with Gasteiger partial charge in [0.15, 0.2) is 5.25 Å². The quantitative estimate of drug-likeness (QED) is 0.907. The number of furan rings is 1. The lowest BCUT2D eigenvalue weighted by Gasteiger charge is -2.35. The lowest BCUT2D eigenvalue weighted by atomic mass is 9.75. The summed E-state index contributed by atoms with van der Waals surface area (Å²) in [7, 11) is -0.668. The number of carbonyl (C=O) groups excluding carboxylic acids is 1. The Balaban J connectivity index is 2.30. The summed E-state index contributed by atoms with van der Waals surface area (Å²) >= 11 is 0. The topological polar surface area (TPSA) is 79.6 Å². The second-order valence-electron chi connectivity index (χ2n) is 7.37. The molecule has 0 aromatic carbocycles. The summed E-state index contributed by atoms with van der Waals surface area (Å²) in [5.74, 6) is 1.17. The summed E-state index contributed by atoms with van der Waals surface area (Å²) < 4.78 is 33.6. The zero-order chi connectivity index (χ0) is 17.6. The molecule has 130 valence electrons. The maximum Gasteiger partial charge on any atom is 0.241 e. The number of aryl methyl sites for hydroxylation is 1. The van der Waals surface area contributed by atoms with Crippen molar-refractivity contribution in [2.75, 3.05) is 14.1 Å². The number of fused-ring (bicyclic) bond motifs is 1. The van der Waals surface area contributed by atoms with Crippen molar-refractivity contribution in [1.82, 2.24) is 9.62 Å². The van der Waals surface area contributed by atoms with Crippen molar-refractivity contribution < 1.29 is 17.6 Å². The highest BCUT2D eigenvalue weighted by Crippen LogP contribution is 2.42. The van der Waals surface area contributed by atoms with Crippen LogP contribution < -0.4 is 4.72 Å². The smallest absolute Gasteiger partial charge is 0.241 e. The molecule has 23 heavy (non-hydrogen) atoms. The number of rotatable bonds is 4. The minimum Gasteiger partial charge on any atom is -0.466 e. The number of sulfonamides is 1. The van der Waals surface area contributed by atoms with E-state index in [0.29, 0.717) is 6.42 Å². The van der Waals surface area contributed by atoms with Crippen LogP contribution in [0.25, 0.3) is 0 Å². The average molecular weight is 342 g/mol. The van der Waals surface area contributed by atoms with Gasteiger partial charge in [-0.25, -0.2) is 13.1 Å². The van der Waals surface area contributed by atoms with Crippen LogP contribution in [0.15, 0.2) is 10.5 Å². The molecule has 1 amide bonds. The highest BCUT2D eigenvalue weighted by molar-refractivity contribution is 7.90. The van der Waals surface area contributed by atoms with E-state index in [1.807, 2.05) is 13.0 Å². The Kier molecular flexibility index (Phi) is 4.65. The summed E-state index contributed by atoms with van der Waals surface area (Å²) in [5, 5.41) is -1.13. The number of amides is 1. The van der Waals surface area contributed by atoms with Crippen molar-refractivity contribution in [3.05, 3.63) is 23.2 Å². The number of nitrogens with one attached hydrogen (secondary N) is 1. The van der Waals surface area contributed by atoms with Crippen LogP contribution in [0, 0.1) is 12.3 Å². The monoisotopic (exact) mass is 342 g/mol. The van der Waals surface area contributed by atoms with Gasteiger partial charge in [0, 0.05) is 26.1 Å². The maximum absolute atomic E-state index is 12.6. The first kappa shape index (κ1) is 18.0. The van der Waals surface area contributed by atoms with Gasteiger partial charge in [0.1, 0.15) is 11.5 Å². The van der Waals surface area contributed by atoms with E-state index in [4.69, 9.17) is 4.42 Å². The maximum atomic E-state index is 12.6. The van der Waals surface area contributed by atoms with Crippen molar-refractivity contribution in [3.63, 3.8) is 0 Å². The summed E-state index contributed by atoms with van der Waals surface area (Å²) in [4.78, 5) is 13.3. The van der Waals surface area contributed by atoms with Gasteiger partial charge in [0.05, 0.1) is 6.04 Å². The second kappa shape index (κ2) is 5.94. The molecule has 0 saturated carbocycles. The summed E-state index contributed by atoms with van der Waals surface area (Å²) in [6.07, 6.45) is 1.45. The third-order valence-corrected chi connectivity index (χ3v) is 6.04. The van der Waals surface area contributed by atoms with Crippen molar-refractivity contribution in [2.45, 2.75) is 51.8 Å². The van der Waals surface area contributed by atoms with Gasteiger partial charge in [-0.15, -0.1) is 0 Å². The highest BCUT2D eigenvalue weighted by atomic mass is 32.2. The molecular formula is C16H26N2O4S. The molecule has 0 fully saturated rings. The third kappa shape index (κ3) is 3.77. The van der Waals surface area contributed by atoms with E-state index in [-0.39, 0.29) is 11.5 Å². The van der Waals surface area contributed by atoms with Gasteiger partial charge in [0.2, 0.25) is 15.9 Å². The average Bonchev–Trinajstić information content (AvgIpc) is 2.75. The number of carbonyl (C=O) groups is 1. The highest BCUT2D eigenvalue weighted by Gasteiger charge is 2.39. The standard InChI is InChI=1S/C16H26N2O4S/c1-10-7-12-13(8-16(3,4)9-14(12)22-10)17-23(20,21)11(2)15(19)18(5)6/h7,11,13,17H,8-9H2,1-6H3/t11-,13-/m0/s1. The van der Waals surface area contributed by atoms with E-state index in [9.17, 15) is 13.2 Å². The molecule has 0 saturated heterocycles. The Morgan fingerprint density at radius 3 is 2.61 bits per heavy atom. The second-order valence-corrected chi connectivity index (χ2v) is 9.40. The van der Waals surface area contributed by atoms with Crippen LogP contribution in [0.3, 0.4) is 0 Å². The van der Waals surface area contributed by atoms with Crippen LogP contribution in [0.1, 0.15) is 50.3 Å². The Labute approximate surface area is 138 Å². The molecule has 0 unspecified atom stereocenters. The van der Waals surface area contributed by atoms with E-state index in [2.05, 4.69) is 18.6 Å². The molecule has 0 spiro atoms. The van der Waals surface area contributed by atoms with Gasteiger partial charge in [-0.3, -0.25) is 4.79 Å². The van der Waals surface area contributed by atoms with Crippen molar-refractivity contribution in [3.8, 4) is 0 Å². The molecule has 1 N–H and O–H groups in total. The Hall–Kier alpha value is -1.34. The summed E-state index contributed by atoms with van der Waals surface area (Å²) in [6, 6.07) is 1.52. The fourth-order valence-electron chi connectivity index (χ4n) is 3.09. The van der Waals surface area contributed by atoms with E-state index in [1.54, 1.807) is 14.1 Å². The van der Waals surface area contributed by atoms with Gasteiger partial charge in [0.25, 0.3) is 0 Å². The first-order valence-electron chi connectivity index (χ1n) is 7.74. The van der Waals surface area contributed by atoms with E-state index < -0.39 is 21.2 Å². The van der Waals surface area contributed by atoms with Gasteiger partial charge < -0.3 is 9.32 Å². The zero-order valence-electron chi connectivity index (χ0n) is 14.6. The molecule has 1 aliphatic rings. The fourth-order valence-corrected chi connectivity index (χ4v) is 4.37. The predicted octanol–water partition coefficient (Wildman–Crippen LogP) is 2.00. The van der Waals surface area contributed by atoms with Gasteiger partial charge in [-0.05, 0) is 31.7 Å². The number of nitrogens with zero attached hydrogens (tertiary/aromatic N) is 1. The normalized spacial score (nSPS) is 21.6. The van der Waals surface area contributed by atoms with Gasteiger partial charge in [-0.1, -0.05) is 13.8 Å². The van der Waals surface area contributed by atoms with E-state index in [1.165, 1.54) is 11.8 Å². The molecule has 1 aromatic rings. The van der Waals surface area contributed by atoms with E-state index in [0.717, 1.165) is 23.5 Å². The van der Waals surface area contributed by atoms with Crippen LogP contribution in [0.5, 0.6) is 0 Å². The molecule has 7 heteroatoms. The molecule has 1 aliphatic carbocycles. The lowest BCUT2D eigenvalue weighted by molar-refractivity contribution is -0.127. The molecule has 0 radical (unpaired) electrons. The minimum atomic E-state index is -3.77. The van der Waals surface area contributed by atoms with Crippen LogP contribution in [-0.4, -0.2) is 38.6 Å². The van der Waals surface area contributed by atoms with Gasteiger partial charge in [-0.2, -0.15) is 0 Å². The largest absolute Gasteiger partial charge is 0.466 e. The Morgan fingerprint density at radius 1 is 1.43 bits per heavy atom. The van der Waals surface area contributed by atoms with Crippen molar-refractivity contribution in [2.24, 2.45) is 5.41 Å². The van der Waals surface area contributed by atoms with Crippen molar-refractivity contribution >= 4 is 15.9 Å². The molecule has 0 aliphatic heterocycles. The van der Waals surface area contributed by atoms with Gasteiger partial charge >= 0.3 is 0 Å². The molecule has 0 bridgehead atoms. The number of hydrogen-bond acceptors (Lipinski definition) is 4. The van der Waals surface area contributed by atoms with Crippen molar-refractivity contribution in [1.29, 1.82) is 0 Å². The molecule has 1 aromatic heterocycles. The molecule has 2 rings (SSSR count). The Morgan fingerprint density at radius 2 is 2.04 bits per heavy atom. The molecule has 6 nitrogen and oxygen atoms in total. The molecular weight excluding hydrogens is 316 g/mol. The van der Waals surface area contributed by atoms with Crippen LogP contribution >= 0.6 is 0 Å². The fraction of sp³-hybridized carbons (Fsp3) is 0.688. The summed E-state index contributed by atoms with van der Waals surface area (Å²) in [6.45, 7) is 7.45. The zero-order valence-corrected chi connectivity index (χ0v) is 15.5. The Bertz CT molecular complexity index is 704. The summed E-state index contributed by atoms with van der Waals surface area (Å²) in [5.41, 5.74) is 0.814. The number of hydrogen-bond donors (Lipinski definition) is 1. The van der Waals surface area contributed by atoms with Crippen LogP contribution in [-0.2, 0) is 21.2 Å². The molecule has 2 atom stereocenters. The molecule has 1 heterocycles. The van der Waals surface area contributed by atoms with Crippen LogP contribution in [0.4, 0.5) is 0 Å².